The van der Waals surface area contributed by atoms with Crippen molar-refractivity contribution in [1.82, 2.24) is 15.5 Å². The van der Waals surface area contributed by atoms with Crippen molar-refractivity contribution in [2.24, 2.45) is 4.99 Å². The van der Waals surface area contributed by atoms with E-state index >= 15 is 0 Å². The van der Waals surface area contributed by atoms with E-state index in [4.69, 9.17) is 0 Å². The molecule has 1 aromatic rings. The lowest BCUT2D eigenvalue weighted by atomic mass is 10.0. The van der Waals surface area contributed by atoms with Crippen LogP contribution in [0, 0.1) is 0 Å². The molecule has 5 nitrogen and oxygen atoms in total. The molecule has 3 rings (SSSR count). The first kappa shape index (κ1) is 14.9. The first-order valence-electron chi connectivity index (χ1n) is 8.15. The zero-order valence-corrected chi connectivity index (χ0v) is 13.1. The van der Waals surface area contributed by atoms with E-state index in [0.717, 1.165) is 44.9 Å². The van der Waals surface area contributed by atoms with Gasteiger partial charge in [0.2, 0.25) is 5.91 Å². The molecule has 0 unspecified atom stereocenters. The van der Waals surface area contributed by atoms with Gasteiger partial charge in [-0.25, -0.2) is 4.99 Å². The second-order valence-electron chi connectivity index (χ2n) is 5.95. The molecule has 1 aromatic carbocycles. The molecule has 1 amide bonds. The molecule has 1 saturated carbocycles. The Morgan fingerprint density at radius 3 is 2.82 bits per heavy atom. The van der Waals surface area contributed by atoms with Crippen LogP contribution in [0.3, 0.4) is 0 Å². The molecule has 1 aliphatic carbocycles. The van der Waals surface area contributed by atoms with Gasteiger partial charge in [-0.3, -0.25) is 4.79 Å². The predicted octanol–water partition coefficient (Wildman–Crippen LogP) is 1.29. The smallest absolute Gasteiger partial charge is 0.242 e. The average molecular weight is 300 g/mol. The normalized spacial score (nSPS) is 17.9. The molecule has 22 heavy (non-hydrogen) atoms. The van der Waals surface area contributed by atoms with Crippen molar-refractivity contribution in [2.45, 2.75) is 38.8 Å². The van der Waals surface area contributed by atoms with Crippen LogP contribution in [0.15, 0.2) is 29.3 Å². The van der Waals surface area contributed by atoms with E-state index in [1.54, 1.807) is 0 Å². The summed E-state index contributed by atoms with van der Waals surface area (Å²) in [6.07, 6.45) is 3.24. The molecular weight excluding hydrogens is 276 g/mol. The van der Waals surface area contributed by atoms with E-state index < -0.39 is 0 Å². The van der Waals surface area contributed by atoms with Crippen LogP contribution in [-0.4, -0.2) is 42.4 Å². The fraction of sp³-hybridized carbons (Fsp3) is 0.529. The molecule has 0 spiro atoms. The van der Waals surface area contributed by atoms with Crippen LogP contribution >= 0.6 is 0 Å². The molecular formula is C17H24N4O. The first-order chi connectivity index (χ1) is 10.8. The van der Waals surface area contributed by atoms with Gasteiger partial charge < -0.3 is 15.5 Å². The monoisotopic (exact) mass is 300 g/mol. The number of guanidine groups is 1. The summed E-state index contributed by atoms with van der Waals surface area (Å²) in [4.78, 5) is 18.6. The van der Waals surface area contributed by atoms with Gasteiger partial charge >= 0.3 is 0 Å². The number of carbonyl (C=O) groups is 1. The van der Waals surface area contributed by atoms with Crippen molar-refractivity contribution in [3.8, 4) is 0 Å². The number of benzene rings is 1. The lowest BCUT2D eigenvalue weighted by Gasteiger charge is -2.31. The zero-order chi connectivity index (χ0) is 15.4. The third-order valence-corrected chi connectivity index (χ3v) is 4.08. The Labute approximate surface area is 131 Å². The van der Waals surface area contributed by atoms with E-state index in [9.17, 15) is 4.79 Å². The summed E-state index contributed by atoms with van der Waals surface area (Å²) in [5.41, 5.74) is 2.77. The molecule has 5 heteroatoms. The minimum absolute atomic E-state index is 0.0234. The first-order valence-corrected chi connectivity index (χ1v) is 8.15. The van der Waals surface area contributed by atoms with Crippen LogP contribution in [0.4, 0.5) is 0 Å². The largest absolute Gasteiger partial charge is 0.356 e. The molecule has 0 atom stereocenters. The fourth-order valence-electron chi connectivity index (χ4n) is 2.75. The summed E-state index contributed by atoms with van der Waals surface area (Å²) in [6.45, 7) is 4.86. The van der Waals surface area contributed by atoms with Gasteiger partial charge in [-0.1, -0.05) is 24.3 Å². The lowest BCUT2D eigenvalue weighted by Crippen LogP contribution is -2.44. The van der Waals surface area contributed by atoms with Crippen molar-refractivity contribution in [3.63, 3.8) is 0 Å². The van der Waals surface area contributed by atoms with Gasteiger partial charge in [0, 0.05) is 25.7 Å². The number of rotatable bonds is 4. The van der Waals surface area contributed by atoms with Crippen LogP contribution in [0.2, 0.25) is 0 Å². The predicted molar refractivity (Wildman–Crippen MR) is 87.7 cm³/mol. The second kappa shape index (κ2) is 6.81. The van der Waals surface area contributed by atoms with Crippen LogP contribution in [0.5, 0.6) is 0 Å². The maximum absolute atomic E-state index is 11.8. The molecule has 2 aliphatic rings. The molecule has 1 aliphatic heterocycles. The van der Waals surface area contributed by atoms with Crippen molar-refractivity contribution in [2.75, 3.05) is 19.6 Å². The molecule has 0 saturated heterocycles. The number of hydrogen-bond acceptors (Lipinski definition) is 2. The maximum atomic E-state index is 11.8. The molecule has 1 fully saturated rings. The number of fused-ring (bicyclic) bond motifs is 1. The average Bonchev–Trinajstić information content (AvgIpc) is 3.35. The second-order valence-corrected chi connectivity index (χ2v) is 5.95. The van der Waals surface area contributed by atoms with E-state index in [-0.39, 0.29) is 12.5 Å². The minimum atomic E-state index is 0.0234. The summed E-state index contributed by atoms with van der Waals surface area (Å²) in [6, 6.07) is 8.93. The quantitative estimate of drug-likeness (QED) is 0.651. The van der Waals surface area contributed by atoms with Gasteiger partial charge in [-0.05, 0) is 37.3 Å². The van der Waals surface area contributed by atoms with E-state index in [2.05, 4.69) is 51.7 Å². The highest BCUT2D eigenvalue weighted by Crippen LogP contribution is 2.19. The maximum Gasteiger partial charge on any atom is 0.242 e. The van der Waals surface area contributed by atoms with Crippen LogP contribution in [0.1, 0.15) is 30.9 Å². The Morgan fingerprint density at radius 1 is 1.32 bits per heavy atom. The molecule has 2 N–H and O–H groups in total. The lowest BCUT2D eigenvalue weighted by molar-refractivity contribution is -0.119. The highest BCUT2D eigenvalue weighted by molar-refractivity contribution is 5.85. The molecule has 1 heterocycles. The van der Waals surface area contributed by atoms with E-state index in [0.29, 0.717) is 6.04 Å². The summed E-state index contributed by atoms with van der Waals surface area (Å²) in [5, 5.41) is 6.28. The van der Waals surface area contributed by atoms with Crippen molar-refractivity contribution in [1.29, 1.82) is 0 Å². The number of nitrogens with zero attached hydrogens (tertiary/aromatic N) is 2. The topological polar surface area (TPSA) is 56.7 Å². The summed E-state index contributed by atoms with van der Waals surface area (Å²) in [7, 11) is 0. The number of aliphatic imine (C=N–C) groups is 1. The number of amides is 1. The van der Waals surface area contributed by atoms with Crippen LogP contribution < -0.4 is 10.6 Å². The Balaban J connectivity index is 1.64. The number of nitrogens with one attached hydrogen (secondary N) is 2. The Bertz CT molecular complexity index is 566. The van der Waals surface area contributed by atoms with Gasteiger partial charge in [-0.2, -0.15) is 0 Å². The van der Waals surface area contributed by atoms with Gasteiger partial charge in [0.15, 0.2) is 5.96 Å². The molecule has 118 valence electrons. The van der Waals surface area contributed by atoms with Gasteiger partial charge in [0.1, 0.15) is 6.54 Å². The Hall–Kier alpha value is -2.04. The summed E-state index contributed by atoms with van der Waals surface area (Å²) in [5.74, 6) is 0.860. The Morgan fingerprint density at radius 2 is 2.09 bits per heavy atom. The number of carbonyl (C=O) groups excluding carboxylic acids is 1. The summed E-state index contributed by atoms with van der Waals surface area (Å²) < 4.78 is 0. The van der Waals surface area contributed by atoms with E-state index in [1.807, 2.05) is 0 Å². The number of hydrogen-bond donors (Lipinski definition) is 2. The molecule has 0 bridgehead atoms. The van der Waals surface area contributed by atoms with Crippen LogP contribution in [-0.2, 0) is 17.8 Å². The Kier molecular flexibility index (Phi) is 4.61. The highest BCUT2D eigenvalue weighted by Gasteiger charge is 2.23. The van der Waals surface area contributed by atoms with Crippen molar-refractivity contribution < 1.29 is 4.79 Å². The minimum Gasteiger partial charge on any atom is -0.356 e. The highest BCUT2D eigenvalue weighted by atomic mass is 16.2. The molecule has 0 aromatic heterocycles. The standard InChI is InChI=1S/C17H24N4O/c1-2-18-17(19-11-16(22)20-15-7-8-15)21-10-9-13-5-3-4-6-14(13)12-21/h3-6,15H,2,7-12H2,1H3,(H,18,19)(H,20,22). The van der Waals surface area contributed by atoms with E-state index in [1.165, 1.54) is 11.1 Å². The zero-order valence-electron chi connectivity index (χ0n) is 13.1. The third-order valence-electron chi connectivity index (χ3n) is 4.08. The fourth-order valence-corrected chi connectivity index (χ4v) is 2.75. The van der Waals surface area contributed by atoms with Crippen molar-refractivity contribution in [3.05, 3.63) is 35.4 Å². The van der Waals surface area contributed by atoms with Gasteiger partial charge in [-0.15, -0.1) is 0 Å². The molecule has 0 radical (unpaired) electrons. The van der Waals surface area contributed by atoms with Gasteiger partial charge in [0.05, 0.1) is 0 Å². The third kappa shape index (κ3) is 3.78. The van der Waals surface area contributed by atoms with Gasteiger partial charge in [0.25, 0.3) is 0 Å². The summed E-state index contributed by atoms with van der Waals surface area (Å²) >= 11 is 0. The SMILES string of the molecule is CCNC(=NCC(=O)NC1CC1)N1CCc2ccccc2C1. The van der Waals surface area contributed by atoms with Crippen LogP contribution in [0.25, 0.3) is 0 Å². The van der Waals surface area contributed by atoms with Crippen molar-refractivity contribution >= 4 is 11.9 Å².